The predicted octanol–water partition coefficient (Wildman–Crippen LogP) is 3.88. The van der Waals surface area contributed by atoms with Gasteiger partial charge in [0.2, 0.25) is 0 Å². The van der Waals surface area contributed by atoms with Crippen LogP contribution in [0.5, 0.6) is 11.5 Å². The summed E-state index contributed by atoms with van der Waals surface area (Å²) in [6.45, 7) is 1.89. The number of carbonyl (C=O) groups excluding carboxylic acids is 2. The highest BCUT2D eigenvalue weighted by atomic mass is 79.9. The summed E-state index contributed by atoms with van der Waals surface area (Å²) in [6, 6.07) is 14.3. The smallest absolute Gasteiger partial charge is 0.325 e. The Morgan fingerprint density at radius 1 is 1.12 bits per heavy atom. The van der Waals surface area contributed by atoms with E-state index in [1.165, 1.54) is 4.90 Å². The Balaban J connectivity index is 2.18. The maximum Gasteiger partial charge on any atom is 0.325 e. The minimum absolute atomic E-state index is 0.113. The molecule has 0 atom stereocenters. The molecule has 126 valence electrons. The lowest BCUT2D eigenvalue weighted by molar-refractivity contribution is -0.143. The molecule has 2 aromatic rings. The van der Waals surface area contributed by atoms with Crippen molar-refractivity contribution in [2.45, 2.75) is 6.92 Å². The first kappa shape index (κ1) is 18.0. The molecule has 0 aliphatic carbocycles. The van der Waals surface area contributed by atoms with Gasteiger partial charge in [-0.3, -0.25) is 9.59 Å². The largest absolute Gasteiger partial charge is 0.465 e. The molecule has 0 saturated heterocycles. The lowest BCUT2D eigenvalue weighted by Crippen LogP contribution is -2.33. The highest BCUT2D eigenvalue weighted by molar-refractivity contribution is 9.10. The number of hydrogen-bond donors (Lipinski definition) is 0. The van der Waals surface area contributed by atoms with E-state index in [1.54, 1.807) is 44.3 Å². The summed E-state index contributed by atoms with van der Waals surface area (Å²) in [4.78, 5) is 25.4. The van der Waals surface area contributed by atoms with Gasteiger partial charge in [-0.05, 0) is 37.3 Å². The molecule has 0 aliphatic rings. The number of nitrogens with zero attached hydrogens (tertiary/aromatic N) is 1. The van der Waals surface area contributed by atoms with Crippen molar-refractivity contribution in [2.24, 2.45) is 0 Å². The van der Waals surface area contributed by atoms with E-state index in [2.05, 4.69) is 15.9 Å². The second kappa shape index (κ2) is 8.49. The zero-order valence-electron chi connectivity index (χ0n) is 13.5. The molecule has 0 unspecified atom stereocenters. The van der Waals surface area contributed by atoms with E-state index in [0.717, 1.165) is 4.47 Å². The molecule has 1 amide bonds. The minimum Gasteiger partial charge on any atom is -0.465 e. The standard InChI is InChI=1S/C18H18BrNO4/c1-3-23-17(21)12-20(2)18(22)15-9-4-5-10-16(15)24-14-8-6-7-13(19)11-14/h4-11H,3,12H2,1-2H3. The zero-order valence-corrected chi connectivity index (χ0v) is 15.1. The third kappa shape index (κ3) is 4.83. The lowest BCUT2D eigenvalue weighted by Gasteiger charge is -2.18. The van der Waals surface area contributed by atoms with Crippen molar-refractivity contribution < 1.29 is 19.1 Å². The summed E-state index contributed by atoms with van der Waals surface area (Å²) in [5.41, 5.74) is 0.379. The number of halogens is 1. The first-order valence-electron chi connectivity index (χ1n) is 7.44. The van der Waals surface area contributed by atoms with Gasteiger partial charge in [0.05, 0.1) is 12.2 Å². The van der Waals surface area contributed by atoms with Gasteiger partial charge in [-0.2, -0.15) is 0 Å². The molecule has 5 nitrogen and oxygen atoms in total. The normalized spacial score (nSPS) is 10.1. The van der Waals surface area contributed by atoms with Crippen molar-refractivity contribution in [3.05, 3.63) is 58.6 Å². The number of carbonyl (C=O) groups is 2. The number of para-hydroxylation sites is 1. The average molecular weight is 392 g/mol. The third-order valence-electron chi connectivity index (χ3n) is 3.16. The van der Waals surface area contributed by atoms with Gasteiger partial charge in [-0.25, -0.2) is 0 Å². The van der Waals surface area contributed by atoms with E-state index in [4.69, 9.17) is 9.47 Å². The fourth-order valence-electron chi connectivity index (χ4n) is 2.07. The van der Waals surface area contributed by atoms with Gasteiger partial charge in [0.25, 0.3) is 5.91 Å². The predicted molar refractivity (Wildman–Crippen MR) is 94.3 cm³/mol. The number of benzene rings is 2. The van der Waals surface area contributed by atoms with Gasteiger partial charge < -0.3 is 14.4 Å². The van der Waals surface area contributed by atoms with Crippen LogP contribution in [-0.2, 0) is 9.53 Å². The fraction of sp³-hybridized carbons (Fsp3) is 0.222. The van der Waals surface area contributed by atoms with Gasteiger partial charge in [-0.1, -0.05) is 34.1 Å². The van der Waals surface area contributed by atoms with E-state index < -0.39 is 5.97 Å². The van der Waals surface area contributed by atoms with Crippen LogP contribution in [0.3, 0.4) is 0 Å². The van der Waals surface area contributed by atoms with Crippen LogP contribution >= 0.6 is 15.9 Å². The highest BCUT2D eigenvalue weighted by Crippen LogP contribution is 2.27. The van der Waals surface area contributed by atoms with Gasteiger partial charge in [0.1, 0.15) is 18.0 Å². The summed E-state index contributed by atoms with van der Waals surface area (Å²) in [6.07, 6.45) is 0. The molecule has 24 heavy (non-hydrogen) atoms. The molecule has 6 heteroatoms. The van der Waals surface area contributed by atoms with Crippen LogP contribution in [0.4, 0.5) is 0 Å². The quantitative estimate of drug-likeness (QED) is 0.701. The number of esters is 1. The van der Waals surface area contributed by atoms with Gasteiger partial charge in [0, 0.05) is 11.5 Å². The molecule has 0 spiro atoms. The summed E-state index contributed by atoms with van der Waals surface area (Å²) in [5, 5.41) is 0. The minimum atomic E-state index is -0.446. The molecular weight excluding hydrogens is 374 g/mol. The van der Waals surface area contributed by atoms with Gasteiger partial charge >= 0.3 is 5.97 Å². The monoisotopic (exact) mass is 391 g/mol. The van der Waals surface area contributed by atoms with E-state index in [1.807, 2.05) is 18.2 Å². The van der Waals surface area contributed by atoms with E-state index in [9.17, 15) is 9.59 Å². The molecule has 0 N–H and O–H groups in total. The van der Waals surface area contributed by atoms with E-state index in [0.29, 0.717) is 17.1 Å². The van der Waals surface area contributed by atoms with Crippen molar-refractivity contribution in [1.82, 2.24) is 4.90 Å². The van der Waals surface area contributed by atoms with Crippen molar-refractivity contribution in [3.63, 3.8) is 0 Å². The third-order valence-corrected chi connectivity index (χ3v) is 3.65. The topological polar surface area (TPSA) is 55.8 Å². The number of hydrogen-bond acceptors (Lipinski definition) is 4. The van der Waals surface area contributed by atoms with Crippen LogP contribution < -0.4 is 4.74 Å². The molecule has 2 rings (SSSR count). The number of rotatable bonds is 6. The number of amides is 1. The Hall–Kier alpha value is -2.34. The molecule has 2 aromatic carbocycles. The van der Waals surface area contributed by atoms with Crippen LogP contribution in [-0.4, -0.2) is 37.0 Å². The second-order valence-corrected chi connectivity index (χ2v) is 5.94. The van der Waals surface area contributed by atoms with Crippen LogP contribution in [0.1, 0.15) is 17.3 Å². The van der Waals surface area contributed by atoms with Crippen LogP contribution in [0.15, 0.2) is 53.0 Å². The maximum atomic E-state index is 12.6. The number of likely N-dealkylation sites (N-methyl/N-ethyl adjacent to an activating group) is 1. The molecule has 0 aromatic heterocycles. The van der Waals surface area contributed by atoms with Crippen molar-refractivity contribution in [2.75, 3.05) is 20.2 Å². The molecule has 0 radical (unpaired) electrons. The van der Waals surface area contributed by atoms with Crippen molar-refractivity contribution >= 4 is 27.8 Å². The lowest BCUT2D eigenvalue weighted by atomic mass is 10.1. The number of ether oxygens (including phenoxy) is 2. The maximum absolute atomic E-state index is 12.6. The first-order valence-corrected chi connectivity index (χ1v) is 8.24. The van der Waals surface area contributed by atoms with Crippen molar-refractivity contribution in [1.29, 1.82) is 0 Å². The molecule has 0 heterocycles. The van der Waals surface area contributed by atoms with Gasteiger partial charge in [0.15, 0.2) is 0 Å². The summed E-state index contributed by atoms with van der Waals surface area (Å²) in [7, 11) is 1.55. The molecule has 0 saturated carbocycles. The molecule has 0 aliphatic heterocycles. The Bertz CT molecular complexity index is 732. The average Bonchev–Trinajstić information content (AvgIpc) is 2.55. The zero-order chi connectivity index (χ0) is 17.5. The SMILES string of the molecule is CCOC(=O)CN(C)C(=O)c1ccccc1Oc1cccc(Br)c1. The Kier molecular flexibility index (Phi) is 6.37. The summed E-state index contributed by atoms with van der Waals surface area (Å²) in [5.74, 6) is 0.279. The molecule has 0 bridgehead atoms. The van der Waals surface area contributed by atoms with Crippen molar-refractivity contribution in [3.8, 4) is 11.5 Å². The Morgan fingerprint density at radius 3 is 2.58 bits per heavy atom. The summed E-state index contributed by atoms with van der Waals surface area (Å²) < 4.78 is 11.6. The van der Waals surface area contributed by atoms with Gasteiger partial charge in [-0.15, -0.1) is 0 Å². The second-order valence-electron chi connectivity index (χ2n) is 5.02. The first-order chi connectivity index (χ1) is 11.5. The Morgan fingerprint density at radius 2 is 1.88 bits per heavy atom. The van der Waals surface area contributed by atoms with E-state index in [-0.39, 0.29) is 19.1 Å². The van der Waals surface area contributed by atoms with Crippen LogP contribution in [0.2, 0.25) is 0 Å². The van der Waals surface area contributed by atoms with E-state index >= 15 is 0 Å². The Labute approximate surface area is 149 Å². The van der Waals surface area contributed by atoms with Crippen LogP contribution in [0, 0.1) is 0 Å². The molecular formula is C18H18BrNO4. The fourth-order valence-corrected chi connectivity index (χ4v) is 2.45. The summed E-state index contributed by atoms with van der Waals surface area (Å²) >= 11 is 3.38. The van der Waals surface area contributed by atoms with Crippen LogP contribution in [0.25, 0.3) is 0 Å². The highest BCUT2D eigenvalue weighted by Gasteiger charge is 2.19. The molecule has 0 fully saturated rings.